The van der Waals surface area contributed by atoms with E-state index in [1.54, 1.807) is 0 Å². The van der Waals surface area contributed by atoms with Crippen LogP contribution in [0.4, 0.5) is 0 Å². The molecule has 0 bridgehead atoms. The molecule has 0 aromatic rings. The van der Waals surface area contributed by atoms with E-state index < -0.39 is 5.97 Å². The Morgan fingerprint density at radius 1 is 1.47 bits per heavy atom. The van der Waals surface area contributed by atoms with Gasteiger partial charge in [-0.3, -0.25) is 9.69 Å². The summed E-state index contributed by atoms with van der Waals surface area (Å²) in [4.78, 5) is 12.6. The zero-order valence-electron chi connectivity index (χ0n) is 10.6. The van der Waals surface area contributed by atoms with Gasteiger partial charge < -0.3 is 14.9 Å². The Bertz CT molecular complexity index is 245. The second kappa shape index (κ2) is 6.93. The van der Waals surface area contributed by atoms with Crippen molar-refractivity contribution in [2.75, 3.05) is 26.3 Å². The molecule has 0 amide bonds. The van der Waals surface area contributed by atoms with Crippen molar-refractivity contribution in [2.24, 2.45) is 5.92 Å². The molecule has 1 heterocycles. The van der Waals surface area contributed by atoms with Crippen LogP contribution in [0, 0.1) is 5.92 Å². The first kappa shape index (κ1) is 14.4. The highest BCUT2D eigenvalue weighted by molar-refractivity contribution is 5.66. The molecule has 2 atom stereocenters. The lowest BCUT2D eigenvalue weighted by atomic mass is 9.96. The van der Waals surface area contributed by atoms with Crippen LogP contribution >= 0.6 is 0 Å². The number of ether oxygens (including phenoxy) is 1. The Kier molecular flexibility index (Phi) is 5.88. The summed E-state index contributed by atoms with van der Waals surface area (Å²) in [6.45, 7) is 6.66. The highest BCUT2D eigenvalue weighted by atomic mass is 16.5. The molecule has 0 aromatic carbocycles. The number of hydrogen-bond acceptors (Lipinski definition) is 4. The summed E-state index contributed by atoms with van der Waals surface area (Å²) in [5.41, 5.74) is 0. The maximum Gasteiger partial charge on any atom is 0.305 e. The van der Waals surface area contributed by atoms with Crippen LogP contribution in [0.2, 0.25) is 0 Å². The van der Waals surface area contributed by atoms with Crippen LogP contribution < -0.4 is 0 Å². The van der Waals surface area contributed by atoms with Crippen molar-refractivity contribution in [2.45, 2.75) is 38.8 Å². The molecule has 1 saturated heterocycles. The van der Waals surface area contributed by atoms with Gasteiger partial charge in [-0.05, 0) is 26.2 Å². The van der Waals surface area contributed by atoms with Crippen LogP contribution in [-0.2, 0) is 9.53 Å². The SMILES string of the molecule is CC(C)N1CC(O)CC(COCCC(=O)O)C1. The van der Waals surface area contributed by atoms with Gasteiger partial charge in [-0.15, -0.1) is 0 Å². The summed E-state index contributed by atoms with van der Waals surface area (Å²) in [5.74, 6) is -0.535. The number of aliphatic hydroxyl groups excluding tert-OH is 1. The van der Waals surface area contributed by atoms with Gasteiger partial charge in [0.15, 0.2) is 0 Å². The van der Waals surface area contributed by atoms with Crippen LogP contribution in [0.25, 0.3) is 0 Å². The molecule has 5 nitrogen and oxygen atoms in total. The summed E-state index contributed by atoms with van der Waals surface area (Å²) in [6.07, 6.45) is 0.499. The van der Waals surface area contributed by atoms with E-state index in [1.165, 1.54) is 0 Å². The highest BCUT2D eigenvalue weighted by Gasteiger charge is 2.27. The maximum absolute atomic E-state index is 10.3. The predicted octanol–water partition coefficient (Wildman–Crippen LogP) is 0.569. The third-order valence-corrected chi connectivity index (χ3v) is 3.09. The number of nitrogens with zero attached hydrogens (tertiary/aromatic N) is 1. The van der Waals surface area contributed by atoms with Gasteiger partial charge in [-0.2, -0.15) is 0 Å². The molecule has 0 spiro atoms. The molecule has 5 heteroatoms. The fraction of sp³-hybridized carbons (Fsp3) is 0.917. The third-order valence-electron chi connectivity index (χ3n) is 3.09. The number of piperidine rings is 1. The minimum atomic E-state index is -0.836. The molecular weight excluding hydrogens is 222 g/mol. The van der Waals surface area contributed by atoms with E-state index in [0.717, 1.165) is 19.5 Å². The van der Waals surface area contributed by atoms with Crippen LogP contribution in [0.3, 0.4) is 0 Å². The molecule has 0 radical (unpaired) electrons. The zero-order valence-corrected chi connectivity index (χ0v) is 10.6. The summed E-state index contributed by atoms with van der Waals surface area (Å²) in [5, 5.41) is 18.2. The number of carboxylic acid groups (broad SMARTS) is 1. The van der Waals surface area contributed by atoms with E-state index in [0.29, 0.717) is 18.6 Å². The molecule has 1 aliphatic rings. The third kappa shape index (κ3) is 5.48. The molecule has 1 fully saturated rings. The van der Waals surface area contributed by atoms with E-state index in [2.05, 4.69) is 18.7 Å². The highest BCUT2D eigenvalue weighted by Crippen LogP contribution is 2.19. The topological polar surface area (TPSA) is 70.0 Å². The summed E-state index contributed by atoms with van der Waals surface area (Å²) < 4.78 is 5.34. The Balaban J connectivity index is 2.25. The minimum Gasteiger partial charge on any atom is -0.481 e. The monoisotopic (exact) mass is 245 g/mol. The molecule has 100 valence electrons. The molecule has 0 saturated carbocycles. The lowest BCUT2D eigenvalue weighted by Crippen LogP contribution is -2.47. The van der Waals surface area contributed by atoms with Gasteiger partial charge >= 0.3 is 5.97 Å². The fourth-order valence-corrected chi connectivity index (χ4v) is 2.16. The number of aliphatic hydroxyl groups is 1. The van der Waals surface area contributed by atoms with Crippen molar-refractivity contribution in [1.29, 1.82) is 0 Å². The molecule has 1 rings (SSSR count). The predicted molar refractivity (Wildman–Crippen MR) is 63.9 cm³/mol. The van der Waals surface area contributed by atoms with Gasteiger partial charge in [0.05, 0.1) is 25.7 Å². The number of carbonyl (C=O) groups is 1. The van der Waals surface area contributed by atoms with Crippen molar-refractivity contribution in [3.8, 4) is 0 Å². The first-order valence-electron chi connectivity index (χ1n) is 6.20. The van der Waals surface area contributed by atoms with E-state index in [9.17, 15) is 9.90 Å². The molecule has 0 aromatic heterocycles. The Morgan fingerprint density at radius 2 is 2.18 bits per heavy atom. The van der Waals surface area contributed by atoms with Gasteiger partial charge in [0.1, 0.15) is 0 Å². The van der Waals surface area contributed by atoms with Crippen molar-refractivity contribution in [3.63, 3.8) is 0 Å². The van der Waals surface area contributed by atoms with Crippen LogP contribution in [0.1, 0.15) is 26.7 Å². The van der Waals surface area contributed by atoms with Gasteiger partial charge in [0.2, 0.25) is 0 Å². The van der Waals surface area contributed by atoms with Crippen LogP contribution in [0.5, 0.6) is 0 Å². The molecular formula is C12H23NO4. The minimum absolute atomic E-state index is 0.0448. The number of rotatable bonds is 6. The average molecular weight is 245 g/mol. The Labute approximate surface area is 102 Å². The van der Waals surface area contributed by atoms with Gasteiger partial charge in [0.25, 0.3) is 0 Å². The van der Waals surface area contributed by atoms with Gasteiger partial charge in [-0.25, -0.2) is 0 Å². The Morgan fingerprint density at radius 3 is 2.76 bits per heavy atom. The average Bonchev–Trinajstić information content (AvgIpc) is 2.23. The molecule has 17 heavy (non-hydrogen) atoms. The smallest absolute Gasteiger partial charge is 0.305 e. The number of β-amino-alcohol motifs (C(OH)–C–C–N with tert-alkyl or cyclic N) is 1. The van der Waals surface area contributed by atoms with Gasteiger partial charge in [-0.1, -0.05) is 0 Å². The summed E-state index contributed by atoms with van der Waals surface area (Å²) in [7, 11) is 0. The molecule has 2 N–H and O–H groups in total. The molecule has 0 aliphatic carbocycles. The maximum atomic E-state index is 10.3. The zero-order chi connectivity index (χ0) is 12.8. The Hall–Kier alpha value is -0.650. The van der Waals surface area contributed by atoms with Crippen molar-refractivity contribution in [3.05, 3.63) is 0 Å². The first-order chi connectivity index (χ1) is 7.99. The van der Waals surface area contributed by atoms with E-state index >= 15 is 0 Å². The van der Waals surface area contributed by atoms with Crippen molar-refractivity contribution in [1.82, 2.24) is 4.90 Å². The van der Waals surface area contributed by atoms with E-state index in [4.69, 9.17) is 9.84 Å². The van der Waals surface area contributed by atoms with Crippen LogP contribution in [-0.4, -0.2) is 59.5 Å². The van der Waals surface area contributed by atoms with Crippen molar-refractivity contribution >= 4 is 5.97 Å². The van der Waals surface area contributed by atoms with Crippen molar-refractivity contribution < 1.29 is 19.7 Å². The second-order valence-electron chi connectivity index (χ2n) is 5.02. The lowest BCUT2D eigenvalue weighted by Gasteiger charge is -2.37. The van der Waals surface area contributed by atoms with Crippen LogP contribution in [0.15, 0.2) is 0 Å². The van der Waals surface area contributed by atoms with E-state index in [-0.39, 0.29) is 19.1 Å². The van der Waals surface area contributed by atoms with E-state index in [1.807, 2.05) is 0 Å². The number of carboxylic acids is 1. The summed E-state index contributed by atoms with van der Waals surface area (Å²) >= 11 is 0. The largest absolute Gasteiger partial charge is 0.481 e. The molecule has 2 unspecified atom stereocenters. The fourth-order valence-electron chi connectivity index (χ4n) is 2.16. The normalized spacial score (nSPS) is 26.4. The number of aliphatic carboxylic acids is 1. The first-order valence-corrected chi connectivity index (χ1v) is 6.20. The lowest BCUT2D eigenvalue weighted by molar-refractivity contribution is -0.138. The van der Waals surface area contributed by atoms with Gasteiger partial charge in [0, 0.05) is 19.1 Å². The molecule has 1 aliphatic heterocycles. The summed E-state index contributed by atoms with van der Waals surface area (Å²) in [6, 6.07) is 0.423. The quantitative estimate of drug-likeness (QED) is 0.669. The second-order valence-corrected chi connectivity index (χ2v) is 5.02. The standard InChI is InChI=1S/C12H23NO4/c1-9(2)13-6-10(5-11(14)7-13)8-17-4-3-12(15)16/h9-11,14H,3-8H2,1-2H3,(H,15,16). The number of hydrogen-bond donors (Lipinski definition) is 2. The number of likely N-dealkylation sites (tertiary alicyclic amines) is 1.